The maximum absolute atomic E-state index is 14.9. The summed E-state index contributed by atoms with van der Waals surface area (Å²) in [7, 11) is -2.83. The summed E-state index contributed by atoms with van der Waals surface area (Å²) in [5, 5.41) is 2.57. The molecule has 190 valence electrons. The Bertz CT molecular complexity index is 1300. The van der Waals surface area contributed by atoms with E-state index < -0.39 is 34.3 Å². The van der Waals surface area contributed by atoms with Crippen molar-refractivity contribution in [3.05, 3.63) is 95.8 Å². The van der Waals surface area contributed by atoms with Crippen LogP contribution >= 0.6 is 0 Å². The van der Waals surface area contributed by atoms with Gasteiger partial charge in [0.2, 0.25) is 11.8 Å². The number of hydrogen-bond acceptors (Lipinski definition) is 4. The molecule has 0 spiro atoms. The molecule has 0 aromatic heterocycles. The zero-order valence-electron chi connectivity index (χ0n) is 20.5. The number of rotatable bonds is 10. The molecule has 9 heteroatoms. The van der Waals surface area contributed by atoms with Crippen LogP contribution in [0.5, 0.6) is 0 Å². The second-order valence-corrected chi connectivity index (χ2v) is 10.2. The number of sulfonamides is 1. The van der Waals surface area contributed by atoms with Gasteiger partial charge >= 0.3 is 0 Å². The summed E-state index contributed by atoms with van der Waals surface area (Å²) >= 11 is 0. The van der Waals surface area contributed by atoms with Crippen molar-refractivity contribution in [2.75, 3.05) is 17.9 Å². The van der Waals surface area contributed by atoms with Crippen LogP contribution in [0.15, 0.2) is 83.8 Å². The van der Waals surface area contributed by atoms with Crippen LogP contribution in [-0.2, 0) is 26.2 Å². The maximum atomic E-state index is 14.9. The summed E-state index contributed by atoms with van der Waals surface area (Å²) in [5.74, 6) is -1.79. The highest BCUT2D eigenvalue weighted by atomic mass is 32.2. The van der Waals surface area contributed by atoms with Gasteiger partial charge < -0.3 is 10.2 Å². The van der Waals surface area contributed by atoms with E-state index in [1.807, 2.05) is 37.3 Å². The second kappa shape index (κ2) is 11.8. The van der Waals surface area contributed by atoms with Gasteiger partial charge in [0.15, 0.2) is 0 Å². The van der Waals surface area contributed by atoms with Gasteiger partial charge in [-0.25, -0.2) is 12.8 Å². The van der Waals surface area contributed by atoms with Crippen molar-refractivity contribution in [3.63, 3.8) is 0 Å². The minimum absolute atomic E-state index is 0.0721. The summed E-state index contributed by atoms with van der Waals surface area (Å²) in [6.07, 6.45) is 0.308. The predicted octanol–water partition coefficient (Wildman–Crippen LogP) is 3.88. The number of nitrogens with zero attached hydrogens (tertiary/aromatic N) is 2. The molecule has 0 heterocycles. The molecular formula is C27H30FN3O4S. The van der Waals surface area contributed by atoms with E-state index in [0.717, 1.165) is 21.5 Å². The number of amides is 2. The Balaban J connectivity index is 2.06. The summed E-state index contributed by atoms with van der Waals surface area (Å²) in [6, 6.07) is 19.7. The molecule has 0 aliphatic heterocycles. The van der Waals surface area contributed by atoms with E-state index in [-0.39, 0.29) is 23.0 Å². The first kappa shape index (κ1) is 26.9. The lowest BCUT2D eigenvalue weighted by molar-refractivity contribution is -0.140. The average Bonchev–Trinajstić information content (AvgIpc) is 2.88. The van der Waals surface area contributed by atoms with E-state index in [1.54, 1.807) is 19.1 Å². The molecule has 0 radical (unpaired) electrons. The number of likely N-dealkylation sites (N-methyl/N-ethyl adjacent to an activating group) is 1. The van der Waals surface area contributed by atoms with Crippen molar-refractivity contribution in [1.29, 1.82) is 0 Å². The Labute approximate surface area is 211 Å². The van der Waals surface area contributed by atoms with Crippen LogP contribution in [-0.4, -0.2) is 44.8 Å². The van der Waals surface area contributed by atoms with Crippen molar-refractivity contribution in [1.82, 2.24) is 10.2 Å². The van der Waals surface area contributed by atoms with Gasteiger partial charge in [0, 0.05) is 13.6 Å². The van der Waals surface area contributed by atoms with Gasteiger partial charge in [-0.1, -0.05) is 67.1 Å². The third-order valence-corrected chi connectivity index (χ3v) is 7.61. The van der Waals surface area contributed by atoms with Crippen LogP contribution in [0.3, 0.4) is 0 Å². The van der Waals surface area contributed by atoms with Gasteiger partial charge in [-0.05, 0) is 43.2 Å². The lowest BCUT2D eigenvalue weighted by atomic mass is 10.1. The highest BCUT2D eigenvalue weighted by Crippen LogP contribution is 2.27. The number of nitrogens with one attached hydrogen (secondary N) is 1. The lowest BCUT2D eigenvalue weighted by Crippen LogP contribution is -2.51. The van der Waals surface area contributed by atoms with E-state index in [9.17, 15) is 22.4 Å². The fourth-order valence-electron chi connectivity index (χ4n) is 3.87. The van der Waals surface area contributed by atoms with Crippen LogP contribution in [0.2, 0.25) is 0 Å². The van der Waals surface area contributed by atoms with Crippen LogP contribution in [0.4, 0.5) is 10.1 Å². The molecule has 0 bridgehead atoms. The summed E-state index contributed by atoms with van der Waals surface area (Å²) in [5.41, 5.74) is 1.37. The van der Waals surface area contributed by atoms with Crippen molar-refractivity contribution < 1.29 is 22.4 Å². The van der Waals surface area contributed by atoms with E-state index in [4.69, 9.17) is 0 Å². The van der Waals surface area contributed by atoms with Gasteiger partial charge in [-0.2, -0.15) is 0 Å². The smallest absolute Gasteiger partial charge is 0.264 e. The molecule has 0 saturated carbocycles. The third-order valence-electron chi connectivity index (χ3n) is 5.84. The Morgan fingerprint density at radius 1 is 0.944 bits per heavy atom. The van der Waals surface area contributed by atoms with E-state index in [1.165, 1.54) is 42.3 Å². The van der Waals surface area contributed by atoms with Gasteiger partial charge in [0.05, 0.1) is 10.6 Å². The minimum Gasteiger partial charge on any atom is -0.357 e. The van der Waals surface area contributed by atoms with Crippen LogP contribution in [0.1, 0.15) is 24.5 Å². The minimum atomic E-state index is -4.31. The van der Waals surface area contributed by atoms with Crippen LogP contribution in [0.25, 0.3) is 0 Å². The van der Waals surface area contributed by atoms with E-state index in [2.05, 4.69) is 5.32 Å². The number of benzene rings is 3. The predicted molar refractivity (Wildman–Crippen MR) is 137 cm³/mol. The van der Waals surface area contributed by atoms with Gasteiger partial charge in [-0.15, -0.1) is 0 Å². The molecule has 3 aromatic rings. The average molecular weight is 512 g/mol. The molecule has 3 aromatic carbocycles. The fourth-order valence-corrected chi connectivity index (χ4v) is 5.29. The van der Waals surface area contributed by atoms with E-state index >= 15 is 0 Å². The zero-order chi connectivity index (χ0) is 26.3. The molecule has 36 heavy (non-hydrogen) atoms. The number of halogens is 1. The summed E-state index contributed by atoms with van der Waals surface area (Å²) in [6.45, 7) is 2.99. The van der Waals surface area contributed by atoms with Crippen LogP contribution < -0.4 is 9.62 Å². The molecule has 2 amide bonds. The first-order valence-corrected chi connectivity index (χ1v) is 13.0. The molecule has 0 unspecified atom stereocenters. The summed E-state index contributed by atoms with van der Waals surface area (Å²) < 4.78 is 42.9. The lowest BCUT2D eigenvalue weighted by Gasteiger charge is -2.33. The molecular weight excluding hydrogens is 481 g/mol. The number of carbonyl (C=O) groups excluding carboxylic acids is 2. The summed E-state index contributed by atoms with van der Waals surface area (Å²) in [4.78, 5) is 27.6. The quantitative estimate of drug-likeness (QED) is 0.448. The Hall–Kier alpha value is -3.72. The zero-order valence-corrected chi connectivity index (χ0v) is 21.3. The number of hydrogen-bond donors (Lipinski definition) is 1. The highest BCUT2D eigenvalue weighted by molar-refractivity contribution is 7.92. The van der Waals surface area contributed by atoms with E-state index in [0.29, 0.717) is 6.42 Å². The Morgan fingerprint density at radius 2 is 1.56 bits per heavy atom. The molecule has 0 aliphatic carbocycles. The van der Waals surface area contributed by atoms with Gasteiger partial charge in [0.25, 0.3) is 10.0 Å². The van der Waals surface area contributed by atoms with Crippen molar-refractivity contribution in [3.8, 4) is 0 Å². The number of aryl methyl sites for hydroxylation is 1. The molecule has 3 rings (SSSR count). The van der Waals surface area contributed by atoms with Gasteiger partial charge in [-0.3, -0.25) is 13.9 Å². The van der Waals surface area contributed by atoms with Crippen molar-refractivity contribution in [2.45, 2.75) is 37.8 Å². The molecule has 0 saturated heterocycles. The molecule has 1 atom stereocenters. The molecule has 7 nitrogen and oxygen atoms in total. The molecule has 0 aliphatic rings. The second-order valence-electron chi connectivity index (χ2n) is 8.32. The fraction of sp³-hybridized carbons (Fsp3) is 0.259. The molecule has 0 fully saturated rings. The third kappa shape index (κ3) is 6.09. The topological polar surface area (TPSA) is 86.8 Å². The maximum Gasteiger partial charge on any atom is 0.264 e. The van der Waals surface area contributed by atoms with Gasteiger partial charge in [0.1, 0.15) is 18.4 Å². The van der Waals surface area contributed by atoms with Crippen molar-refractivity contribution in [2.24, 2.45) is 0 Å². The Kier molecular flexibility index (Phi) is 8.82. The SMILES string of the molecule is CC[C@@H](C(=O)NC)N(Cc1ccccc1)C(=O)CN(c1ccccc1F)S(=O)(=O)c1ccc(C)cc1. The molecule has 1 N–H and O–H groups in total. The first-order valence-electron chi connectivity index (χ1n) is 11.6. The number of para-hydroxylation sites is 1. The first-order chi connectivity index (χ1) is 17.2. The normalized spacial score (nSPS) is 12.0. The standard InChI is InChI=1S/C27H30FN3O4S/c1-4-24(27(33)29-3)30(18-21-10-6-5-7-11-21)26(32)19-31(25-13-9-8-12-23(25)28)36(34,35)22-16-14-20(2)15-17-22/h5-17,24H,4,18-19H2,1-3H3,(H,29,33)/t24-/m0/s1. The number of anilines is 1. The largest absolute Gasteiger partial charge is 0.357 e. The van der Waals surface area contributed by atoms with Crippen LogP contribution in [0, 0.1) is 12.7 Å². The van der Waals surface area contributed by atoms with Crippen molar-refractivity contribution >= 4 is 27.5 Å². The Morgan fingerprint density at radius 3 is 2.14 bits per heavy atom. The monoisotopic (exact) mass is 511 g/mol. The number of carbonyl (C=O) groups is 2. The highest BCUT2D eigenvalue weighted by Gasteiger charge is 2.34.